The van der Waals surface area contributed by atoms with Gasteiger partial charge in [0, 0.05) is 24.7 Å². The largest absolute Gasteiger partial charge is 0.473 e. The van der Waals surface area contributed by atoms with E-state index in [1.807, 2.05) is 18.2 Å². The van der Waals surface area contributed by atoms with Gasteiger partial charge in [-0.2, -0.15) is 10.2 Å². The fraction of sp³-hybridized carbons (Fsp3) is 0.364. The van der Waals surface area contributed by atoms with Gasteiger partial charge in [-0.05, 0) is 50.3 Å². The van der Waals surface area contributed by atoms with E-state index >= 15 is 0 Å². The van der Waals surface area contributed by atoms with Crippen LogP contribution in [0.4, 0.5) is 10.2 Å². The number of anilines is 1. The first-order valence-electron chi connectivity index (χ1n) is 9.23. The molecule has 27 heavy (non-hydrogen) atoms. The van der Waals surface area contributed by atoms with Crippen LogP contribution in [0.15, 0.2) is 48.6 Å². The molecule has 0 aliphatic carbocycles. The number of rotatable bonds is 6. The molecule has 1 aromatic heterocycles. The van der Waals surface area contributed by atoms with Gasteiger partial charge in [-0.1, -0.05) is 17.7 Å². The van der Waals surface area contributed by atoms with E-state index in [1.165, 1.54) is 11.6 Å². The monoisotopic (exact) mass is 365 g/mol. The molecule has 0 bridgehead atoms. The summed E-state index contributed by atoms with van der Waals surface area (Å²) >= 11 is 0. The topological polar surface area (TPSA) is 49.1 Å². The lowest BCUT2D eigenvalue weighted by Crippen LogP contribution is -2.34. The lowest BCUT2D eigenvalue weighted by Gasteiger charge is -2.33. The summed E-state index contributed by atoms with van der Waals surface area (Å²) in [6, 6.07) is 12.0. The molecule has 1 fully saturated rings. The van der Waals surface area contributed by atoms with Crippen LogP contribution in [0.1, 0.15) is 37.3 Å². The van der Waals surface area contributed by atoms with Crippen LogP contribution in [0.2, 0.25) is 0 Å². The lowest BCUT2D eigenvalue weighted by molar-refractivity contribution is 0.288. The molecule has 0 unspecified atom stereocenters. The molecular weight excluding hydrogens is 341 g/mol. The van der Waals surface area contributed by atoms with Crippen LogP contribution in [0.5, 0.6) is 5.88 Å². The third-order valence-corrected chi connectivity index (χ3v) is 4.84. The van der Waals surface area contributed by atoms with Crippen molar-refractivity contribution in [3.8, 4) is 11.9 Å². The fourth-order valence-electron chi connectivity index (χ4n) is 3.41. The Labute approximate surface area is 159 Å². The molecule has 0 N–H and O–H groups in total. The van der Waals surface area contributed by atoms with Crippen molar-refractivity contribution in [2.24, 2.45) is 5.92 Å². The molecule has 5 heteroatoms. The zero-order valence-electron chi connectivity index (χ0n) is 15.6. The van der Waals surface area contributed by atoms with E-state index in [4.69, 9.17) is 10.00 Å². The minimum Gasteiger partial charge on any atom is -0.473 e. The van der Waals surface area contributed by atoms with Crippen molar-refractivity contribution in [2.75, 3.05) is 18.0 Å². The van der Waals surface area contributed by atoms with Gasteiger partial charge in [-0.25, -0.2) is 4.39 Å². The Morgan fingerprint density at radius 3 is 2.78 bits per heavy atom. The number of hydrogen-bond acceptors (Lipinski definition) is 4. The molecular formula is C22H24FN3O. The zero-order valence-corrected chi connectivity index (χ0v) is 15.6. The first-order valence-corrected chi connectivity index (χ1v) is 9.23. The molecule has 3 rings (SSSR count). The molecule has 2 aromatic rings. The van der Waals surface area contributed by atoms with Crippen LogP contribution in [-0.2, 0) is 6.61 Å². The number of halogens is 1. The predicted octanol–water partition coefficient (Wildman–Crippen LogP) is 4.85. The molecule has 0 amide bonds. The lowest BCUT2D eigenvalue weighted by atomic mass is 9.91. The molecule has 140 valence electrons. The number of piperidine rings is 1. The molecule has 0 spiro atoms. The first-order chi connectivity index (χ1) is 13.0. The summed E-state index contributed by atoms with van der Waals surface area (Å²) in [6.45, 7) is 8.12. The van der Waals surface area contributed by atoms with Crippen molar-refractivity contribution in [1.82, 2.24) is 4.98 Å². The minimum absolute atomic E-state index is 0.0781. The molecule has 1 saturated heterocycles. The van der Waals surface area contributed by atoms with Crippen LogP contribution in [0.3, 0.4) is 0 Å². The van der Waals surface area contributed by atoms with Crippen LogP contribution < -0.4 is 9.64 Å². The second-order valence-corrected chi connectivity index (χ2v) is 7.13. The number of allylic oxidation sites excluding steroid dienone is 1. The summed E-state index contributed by atoms with van der Waals surface area (Å²) in [4.78, 5) is 6.84. The number of nitriles is 1. The number of pyridine rings is 1. The molecule has 4 nitrogen and oxygen atoms in total. The average molecular weight is 365 g/mol. The zero-order chi connectivity index (χ0) is 19.2. The maximum absolute atomic E-state index is 14.0. The van der Waals surface area contributed by atoms with Crippen molar-refractivity contribution < 1.29 is 9.13 Å². The van der Waals surface area contributed by atoms with Gasteiger partial charge < -0.3 is 9.64 Å². The normalized spacial score (nSPS) is 14.6. The van der Waals surface area contributed by atoms with Crippen LogP contribution in [-0.4, -0.2) is 18.1 Å². The Bertz CT molecular complexity index is 851. The highest BCUT2D eigenvalue weighted by Gasteiger charge is 2.20. The summed E-state index contributed by atoms with van der Waals surface area (Å²) in [5.41, 5.74) is 1.95. The third kappa shape index (κ3) is 5.07. The van der Waals surface area contributed by atoms with Crippen molar-refractivity contribution in [2.45, 2.75) is 32.8 Å². The summed E-state index contributed by atoms with van der Waals surface area (Å²) in [7, 11) is 0. The van der Waals surface area contributed by atoms with Crippen LogP contribution >= 0.6 is 0 Å². The number of nitrogens with zero attached hydrogens (tertiary/aromatic N) is 3. The SMILES string of the molecule is C=C(C)CC1CCN(c2cccc(OCc3ccc(C#N)cc3F)n2)CC1. The second kappa shape index (κ2) is 8.68. The van der Waals surface area contributed by atoms with Gasteiger partial charge in [0.1, 0.15) is 18.2 Å². The summed E-state index contributed by atoms with van der Waals surface area (Å²) in [5, 5.41) is 8.81. The Morgan fingerprint density at radius 2 is 2.11 bits per heavy atom. The van der Waals surface area contributed by atoms with E-state index in [0.29, 0.717) is 22.9 Å². The van der Waals surface area contributed by atoms with Crippen molar-refractivity contribution in [3.63, 3.8) is 0 Å². The number of hydrogen-bond donors (Lipinski definition) is 0. The first kappa shape index (κ1) is 18.9. The molecule has 1 aromatic carbocycles. The van der Waals surface area contributed by atoms with Gasteiger partial charge in [-0.3, -0.25) is 0 Å². The maximum Gasteiger partial charge on any atom is 0.215 e. The van der Waals surface area contributed by atoms with Gasteiger partial charge in [-0.15, -0.1) is 6.58 Å². The van der Waals surface area contributed by atoms with Crippen LogP contribution in [0, 0.1) is 23.1 Å². The fourth-order valence-corrected chi connectivity index (χ4v) is 3.41. The van der Waals surface area contributed by atoms with Gasteiger partial charge in [0.05, 0.1) is 11.6 Å². The van der Waals surface area contributed by atoms with Gasteiger partial charge in [0.2, 0.25) is 5.88 Å². The van der Waals surface area contributed by atoms with Gasteiger partial charge in [0.15, 0.2) is 0 Å². The number of aromatic nitrogens is 1. The highest BCUT2D eigenvalue weighted by molar-refractivity contribution is 5.41. The smallest absolute Gasteiger partial charge is 0.215 e. The van der Waals surface area contributed by atoms with Crippen LogP contribution in [0.25, 0.3) is 0 Å². The average Bonchev–Trinajstić information content (AvgIpc) is 2.67. The summed E-state index contributed by atoms with van der Waals surface area (Å²) in [5.74, 6) is 1.63. The Morgan fingerprint density at radius 1 is 1.33 bits per heavy atom. The third-order valence-electron chi connectivity index (χ3n) is 4.84. The molecule has 1 aliphatic rings. The highest BCUT2D eigenvalue weighted by Crippen LogP contribution is 2.27. The minimum atomic E-state index is -0.440. The van der Waals surface area contributed by atoms with E-state index < -0.39 is 5.82 Å². The van der Waals surface area contributed by atoms with E-state index in [-0.39, 0.29) is 6.61 Å². The Balaban J connectivity index is 1.60. The maximum atomic E-state index is 14.0. The summed E-state index contributed by atoms with van der Waals surface area (Å²) < 4.78 is 19.7. The molecule has 2 heterocycles. The van der Waals surface area contributed by atoms with E-state index in [1.54, 1.807) is 18.2 Å². The summed E-state index contributed by atoms with van der Waals surface area (Å²) in [6.07, 6.45) is 3.37. The quantitative estimate of drug-likeness (QED) is 0.686. The van der Waals surface area contributed by atoms with Gasteiger partial charge >= 0.3 is 0 Å². The number of ether oxygens (including phenoxy) is 1. The molecule has 0 atom stereocenters. The highest BCUT2D eigenvalue weighted by atomic mass is 19.1. The predicted molar refractivity (Wildman–Crippen MR) is 104 cm³/mol. The molecule has 1 aliphatic heterocycles. The number of benzene rings is 1. The Kier molecular flexibility index (Phi) is 6.08. The van der Waals surface area contributed by atoms with E-state index in [9.17, 15) is 4.39 Å². The van der Waals surface area contributed by atoms with E-state index in [2.05, 4.69) is 23.4 Å². The molecule has 0 saturated carbocycles. The Hall–Kier alpha value is -2.87. The van der Waals surface area contributed by atoms with Gasteiger partial charge in [0.25, 0.3) is 0 Å². The second-order valence-electron chi connectivity index (χ2n) is 7.13. The van der Waals surface area contributed by atoms with Crippen molar-refractivity contribution in [1.29, 1.82) is 5.26 Å². The van der Waals surface area contributed by atoms with Crippen molar-refractivity contribution in [3.05, 3.63) is 65.5 Å². The van der Waals surface area contributed by atoms with Crippen molar-refractivity contribution >= 4 is 5.82 Å². The standard InChI is InChI=1S/C22H24FN3O/c1-16(2)12-17-8-10-26(11-9-17)21-4-3-5-22(25-21)27-15-19-7-6-18(14-24)13-20(19)23/h3-7,13,17H,1,8-12,15H2,2H3. The van der Waals surface area contributed by atoms with E-state index in [0.717, 1.165) is 38.2 Å². The molecule has 0 radical (unpaired) electrons.